The fourth-order valence-electron chi connectivity index (χ4n) is 4.39. The third-order valence-electron chi connectivity index (χ3n) is 6.32. The van der Waals surface area contributed by atoms with Crippen LogP contribution >= 0.6 is 23.1 Å². The molecule has 1 fully saturated rings. The summed E-state index contributed by atoms with van der Waals surface area (Å²) in [7, 11) is 0. The molecule has 1 aliphatic heterocycles. The third kappa shape index (κ3) is 6.14. The Morgan fingerprint density at radius 3 is 2.50 bits per heavy atom. The molecule has 1 amide bonds. The van der Waals surface area contributed by atoms with Gasteiger partial charge >= 0.3 is 5.91 Å². The number of Topliss-reactive ketones (excluding diaryl/α,β-unsaturated/α-hetero) is 1. The van der Waals surface area contributed by atoms with E-state index in [0.717, 1.165) is 23.3 Å². The number of ether oxygens (including phenoxy) is 2. The van der Waals surface area contributed by atoms with Crippen LogP contribution in [0.2, 0.25) is 0 Å². The van der Waals surface area contributed by atoms with Gasteiger partial charge in [-0.05, 0) is 60.9 Å². The maximum absolute atomic E-state index is 13.5. The number of anilines is 1. The molecule has 1 unspecified atom stereocenters. The van der Waals surface area contributed by atoms with Crippen LogP contribution in [-0.2, 0) is 15.3 Å². The first-order valence-electron chi connectivity index (χ1n) is 13.2. The van der Waals surface area contributed by atoms with Crippen molar-refractivity contribution >= 4 is 45.7 Å². The molecule has 42 heavy (non-hydrogen) atoms. The molecule has 12 heteroatoms. The number of nitrogens with zero attached hydrogens (tertiary/aromatic N) is 4. The van der Waals surface area contributed by atoms with Crippen LogP contribution in [-0.4, -0.2) is 45.2 Å². The number of thioether (sulfide) groups is 1. The molecule has 5 rings (SSSR count). The van der Waals surface area contributed by atoms with E-state index in [2.05, 4.69) is 15.2 Å². The lowest BCUT2D eigenvalue weighted by molar-refractivity contribution is -0.132. The second kappa shape index (κ2) is 13.1. The minimum absolute atomic E-state index is 0.0911. The average Bonchev–Trinajstić information content (AvgIpc) is 3.58. The zero-order chi connectivity index (χ0) is 29.6. The summed E-state index contributed by atoms with van der Waals surface area (Å²) in [5.41, 5.74) is 1.66. The summed E-state index contributed by atoms with van der Waals surface area (Å²) in [6.45, 7) is 4.70. The van der Waals surface area contributed by atoms with Crippen molar-refractivity contribution in [1.29, 1.82) is 0 Å². The lowest BCUT2D eigenvalue weighted by Crippen LogP contribution is -2.29. The predicted octanol–water partition coefficient (Wildman–Crippen LogP) is 6.18. The van der Waals surface area contributed by atoms with Crippen molar-refractivity contribution in [2.24, 2.45) is 0 Å². The molecule has 9 nitrogen and oxygen atoms in total. The number of amides is 1. The second-order valence-corrected chi connectivity index (χ2v) is 11.3. The first-order valence-corrected chi connectivity index (χ1v) is 15.0. The Bertz CT molecular complexity index is 1610. The standard InChI is InChI=1S/C30H27FN4O5S2/c1-3-15-40-22-10-7-20(16-23(22)39-4-2)25-24(26(36)19-11-13-32-14-12-19)27(37)28(38)35(25)29-33-34-30(42-29)41-17-18-5-8-21(31)9-6-18/h5-14,16,25,36H,3-4,15,17H2,1-2H3. The number of hydrogen-bond acceptors (Lipinski definition) is 10. The van der Waals surface area contributed by atoms with Crippen LogP contribution in [0.15, 0.2) is 76.9 Å². The first kappa shape index (κ1) is 29.2. The largest absolute Gasteiger partial charge is 0.507 e. The number of rotatable bonds is 11. The zero-order valence-electron chi connectivity index (χ0n) is 22.8. The number of benzene rings is 2. The average molecular weight is 607 g/mol. The highest BCUT2D eigenvalue weighted by molar-refractivity contribution is 8.00. The molecule has 0 aliphatic carbocycles. The SMILES string of the molecule is CCCOc1ccc(C2C(=C(O)c3ccncc3)C(=O)C(=O)N2c2nnc(SCc3ccc(F)cc3)s2)cc1OCC. The van der Waals surface area contributed by atoms with Gasteiger partial charge in [-0.25, -0.2) is 4.39 Å². The van der Waals surface area contributed by atoms with Crippen LogP contribution in [0, 0.1) is 5.82 Å². The van der Waals surface area contributed by atoms with E-state index < -0.39 is 17.7 Å². The normalized spacial score (nSPS) is 16.2. The van der Waals surface area contributed by atoms with Gasteiger partial charge in [0.15, 0.2) is 15.8 Å². The highest BCUT2D eigenvalue weighted by atomic mass is 32.2. The monoisotopic (exact) mass is 606 g/mol. The van der Waals surface area contributed by atoms with E-state index in [1.807, 2.05) is 13.8 Å². The zero-order valence-corrected chi connectivity index (χ0v) is 24.5. The van der Waals surface area contributed by atoms with E-state index in [1.54, 1.807) is 42.5 Å². The first-order chi connectivity index (χ1) is 20.4. The number of carbonyl (C=O) groups excluding carboxylic acids is 2. The van der Waals surface area contributed by atoms with Crippen molar-refractivity contribution in [2.75, 3.05) is 18.1 Å². The minimum atomic E-state index is -1.01. The maximum Gasteiger partial charge on any atom is 0.301 e. The summed E-state index contributed by atoms with van der Waals surface area (Å²) < 4.78 is 25.5. The highest BCUT2D eigenvalue weighted by Gasteiger charge is 2.48. The molecule has 0 spiro atoms. The number of aliphatic hydroxyl groups is 1. The van der Waals surface area contributed by atoms with Crippen molar-refractivity contribution < 1.29 is 28.6 Å². The van der Waals surface area contributed by atoms with Crippen LogP contribution < -0.4 is 14.4 Å². The summed E-state index contributed by atoms with van der Waals surface area (Å²) in [6, 6.07) is 13.4. The summed E-state index contributed by atoms with van der Waals surface area (Å²) in [6.07, 6.45) is 3.78. The smallest absolute Gasteiger partial charge is 0.301 e. The minimum Gasteiger partial charge on any atom is -0.507 e. The number of halogens is 1. The Hall–Kier alpha value is -4.29. The molecule has 1 N–H and O–H groups in total. The molecule has 2 aromatic heterocycles. The van der Waals surface area contributed by atoms with Gasteiger partial charge in [-0.15, -0.1) is 10.2 Å². The van der Waals surface area contributed by atoms with Gasteiger partial charge < -0.3 is 14.6 Å². The van der Waals surface area contributed by atoms with E-state index in [0.29, 0.717) is 45.9 Å². The third-order valence-corrected chi connectivity index (χ3v) is 8.45. The molecule has 1 saturated heterocycles. The fourth-order valence-corrected chi connectivity index (χ4v) is 6.21. The van der Waals surface area contributed by atoms with Crippen LogP contribution in [0.25, 0.3) is 5.76 Å². The Kier molecular flexibility index (Phi) is 9.13. The van der Waals surface area contributed by atoms with Gasteiger partial charge in [-0.2, -0.15) is 0 Å². The van der Waals surface area contributed by atoms with Gasteiger partial charge in [0, 0.05) is 23.7 Å². The molecule has 3 heterocycles. The number of aromatic nitrogens is 3. The molecule has 4 aromatic rings. The van der Waals surface area contributed by atoms with Crippen molar-refractivity contribution in [3.8, 4) is 11.5 Å². The number of aliphatic hydroxyl groups excluding tert-OH is 1. The van der Waals surface area contributed by atoms with Gasteiger partial charge in [-0.1, -0.05) is 48.2 Å². The quantitative estimate of drug-likeness (QED) is 0.0703. The molecular formula is C30H27FN4O5S2. The predicted molar refractivity (Wildman–Crippen MR) is 158 cm³/mol. The second-order valence-electron chi connectivity index (χ2n) is 9.16. The Balaban J connectivity index is 1.56. The van der Waals surface area contributed by atoms with Crippen molar-refractivity contribution in [3.05, 3.63) is 95.1 Å². The van der Waals surface area contributed by atoms with E-state index in [-0.39, 0.29) is 22.3 Å². The van der Waals surface area contributed by atoms with Crippen molar-refractivity contribution in [2.45, 2.75) is 36.4 Å². The Morgan fingerprint density at radius 2 is 1.79 bits per heavy atom. The number of ketones is 1. The Morgan fingerprint density at radius 1 is 1.02 bits per heavy atom. The van der Waals surface area contributed by atoms with Gasteiger partial charge in [0.25, 0.3) is 5.78 Å². The molecule has 216 valence electrons. The molecule has 0 saturated carbocycles. The van der Waals surface area contributed by atoms with Gasteiger partial charge in [-0.3, -0.25) is 19.5 Å². The maximum atomic E-state index is 13.5. The summed E-state index contributed by atoms with van der Waals surface area (Å²) >= 11 is 2.52. The lowest BCUT2D eigenvalue weighted by atomic mass is 9.95. The van der Waals surface area contributed by atoms with E-state index in [9.17, 15) is 19.1 Å². The van der Waals surface area contributed by atoms with Gasteiger partial charge in [0.2, 0.25) is 5.13 Å². The van der Waals surface area contributed by atoms with Crippen LogP contribution in [0.3, 0.4) is 0 Å². The van der Waals surface area contributed by atoms with Crippen molar-refractivity contribution in [1.82, 2.24) is 15.2 Å². The lowest BCUT2D eigenvalue weighted by Gasteiger charge is -2.23. The number of carbonyl (C=O) groups is 2. The number of hydrogen-bond donors (Lipinski definition) is 1. The molecule has 0 bridgehead atoms. The van der Waals surface area contributed by atoms with Crippen LogP contribution in [0.5, 0.6) is 11.5 Å². The number of pyridine rings is 1. The molecule has 1 atom stereocenters. The van der Waals surface area contributed by atoms with Crippen LogP contribution in [0.4, 0.5) is 9.52 Å². The topological polar surface area (TPSA) is 115 Å². The Labute approximate surface area is 250 Å². The summed E-state index contributed by atoms with van der Waals surface area (Å²) in [5, 5.41) is 20.0. The van der Waals surface area contributed by atoms with Gasteiger partial charge in [0.1, 0.15) is 11.6 Å². The van der Waals surface area contributed by atoms with E-state index in [4.69, 9.17) is 9.47 Å². The fraction of sp³-hybridized carbons (Fsp3) is 0.233. The van der Waals surface area contributed by atoms with Gasteiger partial charge in [0.05, 0.1) is 24.8 Å². The summed E-state index contributed by atoms with van der Waals surface area (Å²) in [5.74, 6) is -0.851. The van der Waals surface area contributed by atoms with Crippen molar-refractivity contribution in [3.63, 3.8) is 0 Å². The molecule has 1 aliphatic rings. The molecule has 2 aromatic carbocycles. The van der Waals surface area contributed by atoms with E-state index >= 15 is 0 Å². The van der Waals surface area contributed by atoms with Crippen LogP contribution in [0.1, 0.15) is 43.0 Å². The highest BCUT2D eigenvalue weighted by Crippen LogP contribution is 2.45. The van der Waals surface area contributed by atoms with E-state index in [1.165, 1.54) is 41.2 Å². The molecule has 0 radical (unpaired) electrons. The summed E-state index contributed by atoms with van der Waals surface area (Å²) in [4.78, 5) is 32.3. The molecular weight excluding hydrogens is 579 g/mol.